The van der Waals surface area contributed by atoms with Gasteiger partial charge in [-0.25, -0.2) is 8.93 Å². The summed E-state index contributed by atoms with van der Waals surface area (Å²) in [4.78, 5) is 11.7. The van der Waals surface area contributed by atoms with Gasteiger partial charge in [-0.3, -0.25) is 0 Å². The van der Waals surface area contributed by atoms with Gasteiger partial charge in [-0.1, -0.05) is 24.3 Å². The van der Waals surface area contributed by atoms with E-state index >= 15 is 0 Å². The van der Waals surface area contributed by atoms with Crippen LogP contribution in [0.5, 0.6) is 0 Å². The Morgan fingerprint density at radius 2 is 2.04 bits per heavy atom. The molecule has 0 spiro atoms. The van der Waals surface area contributed by atoms with Crippen LogP contribution < -0.4 is 9.90 Å². The molecule has 1 aromatic heterocycles. The lowest BCUT2D eigenvalue weighted by molar-refractivity contribution is -0.382. The zero-order chi connectivity index (χ0) is 19.6. The van der Waals surface area contributed by atoms with E-state index in [0.29, 0.717) is 22.7 Å². The molecule has 0 aliphatic heterocycles. The monoisotopic (exact) mass is 381 g/mol. The van der Waals surface area contributed by atoms with E-state index in [9.17, 15) is 14.4 Å². The van der Waals surface area contributed by atoms with Crippen molar-refractivity contribution in [3.05, 3.63) is 64.2 Å². The van der Waals surface area contributed by atoms with Crippen molar-refractivity contribution < 1.29 is 9.39 Å². The molecule has 3 rings (SSSR count). The number of nitriles is 1. The third-order valence-corrected chi connectivity index (χ3v) is 5.93. The van der Waals surface area contributed by atoms with Gasteiger partial charge in [0.15, 0.2) is 0 Å². The van der Waals surface area contributed by atoms with E-state index in [1.807, 2.05) is 67.0 Å². The predicted octanol–water partition coefficient (Wildman–Crippen LogP) is 2.31. The van der Waals surface area contributed by atoms with Gasteiger partial charge in [0.2, 0.25) is 0 Å². The second-order valence-corrected chi connectivity index (χ2v) is 7.85. The summed E-state index contributed by atoms with van der Waals surface area (Å²) in [6.45, 7) is 6.19. The first-order chi connectivity index (χ1) is 12.9. The Morgan fingerprint density at radius 1 is 1.30 bits per heavy atom. The molecule has 3 aromatic rings. The molecule has 0 radical (unpaired) electrons. The second kappa shape index (κ2) is 7.82. The first kappa shape index (κ1) is 19.0. The Kier molecular flexibility index (Phi) is 5.49. The van der Waals surface area contributed by atoms with Crippen LogP contribution in [0.1, 0.15) is 23.6 Å². The Morgan fingerprint density at radius 3 is 2.74 bits per heavy atom. The summed E-state index contributed by atoms with van der Waals surface area (Å²) in [5.74, 6) is 0. The summed E-state index contributed by atoms with van der Waals surface area (Å²) in [7, 11) is -1.54. The molecule has 27 heavy (non-hydrogen) atoms. The first-order valence-electron chi connectivity index (χ1n) is 8.60. The minimum Gasteiger partial charge on any atom is -0.345 e. The van der Waals surface area contributed by atoms with Crippen molar-refractivity contribution in [3.63, 3.8) is 0 Å². The van der Waals surface area contributed by atoms with Crippen LogP contribution in [0.3, 0.4) is 0 Å². The van der Waals surface area contributed by atoms with Gasteiger partial charge in [0.05, 0.1) is 5.56 Å². The van der Waals surface area contributed by atoms with Gasteiger partial charge in [0.1, 0.15) is 22.0 Å². The van der Waals surface area contributed by atoms with Gasteiger partial charge in [0.25, 0.3) is 5.69 Å². The van der Waals surface area contributed by atoms with Crippen LogP contribution in [0, 0.1) is 30.1 Å². The number of fused-ring (bicyclic) bond motifs is 1. The number of rotatable bonds is 6. The average Bonchev–Trinajstić information content (AvgIpc) is 2.98. The lowest BCUT2D eigenvalue weighted by Crippen LogP contribution is -2.57. The summed E-state index contributed by atoms with van der Waals surface area (Å²) in [6.07, 6.45) is 1.81. The van der Waals surface area contributed by atoms with Crippen LogP contribution >= 0.6 is 0 Å². The molecule has 0 bridgehead atoms. The first-order valence-corrected chi connectivity index (χ1v) is 9.75. The molecule has 2 atom stereocenters. The van der Waals surface area contributed by atoms with Crippen LogP contribution in [0.4, 0.5) is 5.69 Å². The normalized spacial score (nSPS) is 13.3. The fourth-order valence-electron chi connectivity index (χ4n) is 3.34. The SMILES string of the molecule is Cc1cc(C)c(S(=O)NC(C)Cn2cc(C#N)c3ccccc32)c([NH+]=O)c1. The number of para-hydroxylation sites is 1. The molecule has 0 fully saturated rings. The van der Waals surface area contributed by atoms with Crippen LogP contribution in [0.2, 0.25) is 0 Å². The molecule has 7 heteroatoms. The van der Waals surface area contributed by atoms with E-state index in [-0.39, 0.29) is 6.04 Å². The smallest absolute Gasteiger partial charge is 0.271 e. The van der Waals surface area contributed by atoms with Gasteiger partial charge in [-0.15, -0.1) is 0 Å². The maximum Gasteiger partial charge on any atom is 0.271 e. The minimum absolute atomic E-state index is 0.145. The van der Waals surface area contributed by atoms with E-state index in [1.54, 1.807) is 6.07 Å². The second-order valence-electron chi connectivity index (χ2n) is 6.67. The number of nitrogens with zero attached hydrogens (tertiary/aromatic N) is 2. The Labute approximate surface area is 160 Å². The maximum absolute atomic E-state index is 12.8. The lowest BCUT2D eigenvalue weighted by atomic mass is 10.1. The molecule has 0 saturated heterocycles. The van der Waals surface area contributed by atoms with Crippen LogP contribution in [-0.4, -0.2) is 14.8 Å². The molecule has 0 amide bonds. The van der Waals surface area contributed by atoms with Crippen molar-refractivity contribution in [3.8, 4) is 6.07 Å². The van der Waals surface area contributed by atoms with Crippen molar-refractivity contribution in [2.24, 2.45) is 0 Å². The number of hydrogen-bond donors (Lipinski definition) is 2. The topological polar surface area (TPSA) is 88.9 Å². The van der Waals surface area contributed by atoms with Crippen molar-refractivity contribution in [2.45, 2.75) is 38.3 Å². The summed E-state index contributed by atoms with van der Waals surface area (Å²) in [5, 5.41) is 12.1. The quantitative estimate of drug-likeness (QED) is 0.687. The molecule has 2 unspecified atom stereocenters. The van der Waals surface area contributed by atoms with E-state index in [2.05, 4.69) is 10.8 Å². The third-order valence-electron chi connectivity index (χ3n) is 4.40. The Balaban J connectivity index is 1.83. The molecular formula is C20H21N4O2S+. The largest absolute Gasteiger partial charge is 0.345 e. The summed E-state index contributed by atoms with van der Waals surface area (Å²) in [6, 6.07) is 13.4. The van der Waals surface area contributed by atoms with Gasteiger partial charge in [-0.2, -0.15) is 5.26 Å². The van der Waals surface area contributed by atoms with Crippen molar-refractivity contribution in [1.29, 1.82) is 5.26 Å². The van der Waals surface area contributed by atoms with E-state index in [0.717, 1.165) is 22.0 Å². The zero-order valence-electron chi connectivity index (χ0n) is 15.4. The molecule has 0 aliphatic carbocycles. The highest BCUT2D eigenvalue weighted by Crippen LogP contribution is 2.23. The molecule has 0 saturated carbocycles. The number of aromatic nitrogens is 1. The molecule has 1 heterocycles. The minimum atomic E-state index is -1.54. The number of hydrogen-bond acceptors (Lipinski definition) is 3. The molecule has 138 valence electrons. The van der Waals surface area contributed by atoms with Crippen LogP contribution in [0.15, 0.2) is 47.5 Å². The highest BCUT2D eigenvalue weighted by molar-refractivity contribution is 7.83. The summed E-state index contributed by atoms with van der Waals surface area (Å²) < 4.78 is 17.9. The lowest BCUT2D eigenvalue weighted by Gasteiger charge is -2.16. The number of aryl methyl sites for hydroxylation is 2. The highest BCUT2D eigenvalue weighted by atomic mass is 32.2. The zero-order valence-corrected chi connectivity index (χ0v) is 16.3. The predicted molar refractivity (Wildman–Crippen MR) is 106 cm³/mol. The van der Waals surface area contributed by atoms with Crippen molar-refractivity contribution >= 4 is 27.6 Å². The van der Waals surface area contributed by atoms with Gasteiger partial charge in [-0.05, 0) is 38.0 Å². The number of nitrogens with one attached hydrogen (secondary N) is 2. The Hall–Kier alpha value is -2.82. The van der Waals surface area contributed by atoms with Crippen LogP contribution in [-0.2, 0) is 17.5 Å². The number of benzene rings is 2. The fourth-order valence-corrected chi connectivity index (χ4v) is 4.55. The van der Waals surface area contributed by atoms with Crippen LogP contribution in [0.25, 0.3) is 10.9 Å². The molecule has 2 aromatic carbocycles. The van der Waals surface area contributed by atoms with Gasteiger partial charge < -0.3 is 4.57 Å². The standard InChI is InChI=1S/C20H20N4O2S/c1-13-8-14(2)20(18(9-13)22-25)27(26)23-15(3)11-24-12-16(10-21)17-6-4-5-7-19(17)24/h4-9,12,15,23H,11H2,1-3H3/p+1. The van der Waals surface area contributed by atoms with E-state index in [4.69, 9.17) is 0 Å². The van der Waals surface area contributed by atoms with Crippen molar-refractivity contribution in [2.75, 3.05) is 0 Å². The molecule has 2 N–H and O–H groups in total. The van der Waals surface area contributed by atoms with Gasteiger partial charge >= 0.3 is 0 Å². The highest BCUT2D eigenvalue weighted by Gasteiger charge is 2.21. The summed E-state index contributed by atoms with van der Waals surface area (Å²) >= 11 is 0. The fraction of sp³-hybridized carbons (Fsp3) is 0.250. The summed E-state index contributed by atoms with van der Waals surface area (Å²) in [5.41, 5.74) is 3.63. The van der Waals surface area contributed by atoms with Gasteiger partial charge in [0, 0.05) is 45.8 Å². The maximum atomic E-state index is 12.8. The van der Waals surface area contributed by atoms with E-state index in [1.165, 1.54) is 0 Å². The number of nitroso groups, excluding NO2 is 1. The van der Waals surface area contributed by atoms with Crippen molar-refractivity contribution in [1.82, 2.24) is 9.29 Å². The Bertz CT molecular complexity index is 1080. The van der Waals surface area contributed by atoms with E-state index < -0.39 is 11.0 Å². The molecular weight excluding hydrogens is 360 g/mol. The molecule has 0 aliphatic rings. The molecule has 6 nitrogen and oxygen atoms in total. The average molecular weight is 381 g/mol. The third kappa shape index (κ3) is 3.82.